The number of pyridine rings is 1. The van der Waals surface area contributed by atoms with Crippen molar-refractivity contribution in [1.82, 2.24) is 10.3 Å². The highest BCUT2D eigenvalue weighted by Crippen LogP contribution is 2.27. The molecule has 1 amide bonds. The van der Waals surface area contributed by atoms with E-state index in [9.17, 15) is 4.79 Å². The van der Waals surface area contributed by atoms with Gasteiger partial charge in [-0.1, -0.05) is 13.0 Å². The predicted octanol–water partition coefficient (Wildman–Crippen LogP) is 3.31. The number of nitrogens with zero attached hydrogens (tertiary/aromatic N) is 2. The first kappa shape index (κ1) is 20.0. The van der Waals surface area contributed by atoms with Crippen molar-refractivity contribution in [1.29, 1.82) is 0 Å². The van der Waals surface area contributed by atoms with E-state index >= 15 is 0 Å². The molecule has 150 valence electrons. The number of nitrogens with one attached hydrogen (secondary N) is 1. The van der Waals surface area contributed by atoms with E-state index in [1.807, 2.05) is 24.3 Å². The summed E-state index contributed by atoms with van der Waals surface area (Å²) in [5.41, 5.74) is 1.73. The van der Waals surface area contributed by atoms with E-state index in [1.165, 1.54) is 12.8 Å². The number of aromatic nitrogens is 1. The molecule has 2 aromatic rings. The number of carbonyl (C=O) groups is 1. The molecule has 1 aromatic heterocycles. The quantitative estimate of drug-likeness (QED) is 0.795. The summed E-state index contributed by atoms with van der Waals surface area (Å²) in [5.74, 6) is 2.97. The standard InChI is InChI=1S/C22H29N3O3/c1-16-8-12-25(13-9-16)21-15-18(7-11-23-21)22(26)24-10-6-17-4-5-19(27-2)20(14-17)28-3/h4-5,7,11,14-16H,6,8-10,12-13H2,1-3H3,(H,24,26). The molecule has 0 unspecified atom stereocenters. The lowest BCUT2D eigenvalue weighted by atomic mass is 9.99. The van der Waals surface area contributed by atoms with Crippen LogP contribution in [-0.2, 0) is 6.42 Å². The van der Waals surface area contributed by atoms with Gasteiger partial charge in [0.15, 0.2) is 11.5 Å². The first-order chi connectivity index (χ1) is 13.6. The molecule has 0 atom stereocenters. The lowest BCUT2D eigenvalue weighted by Gasteiger charge is -2.31. The van der Waals surface area contributed by atoms with Crippen LogP contribution in [0.3, 0.4) is 0 Å². The molecule has 6 nitrogen and oxygen atoms in total. The Morgan fingerprint density at radius 1 is 1.14 bits per heavy atom. The highest BCUT2D eigenvalue weighted by molar-refractivity contribution is 5.94. The van der Waals surface area contributed by atoms with Crippen molar-refractivity contribution < 1.29 is 14.3 Å². The largest absolute Gasteiger partial charge is 0.493 e. The van der Waals surface area contributed by atoms with Gasteiger partial charge in [-0.05, 0) is 55.0 Å². The second kappa shape index (κ2) is 9.44. The third-order valence-electron chi connectivity index (χ3n) is 5.26. The van der Waals surface area contributed by atoms with Gasteiger partial charge in [-0.15, -0.1) is 0 Å². The van der Waals surface area contributed by atoms with Crippen LogP contribution in [0.5, 0.6) is 11.5 Å². The van der Waals surface area contributed by atoms with Gasteiger partial charge in [-0.2, -0.15) is 0 Å². The minimum atomic E-state index is -0.0745. The van der Waals surface area contributed by atoms with E-state index in [1.54, 1.807) is 26.5 Å². The molecule has 1 saturated heterocycles. The number of hydrogen-bond acceptors (Lipinski definition) is 5. The molecule has 0 bridgehead atoms. The molecular weight excluding hydrogens is 354 g/mol. The zero-order valence-electron chi connectivity index (χ0n) is 16.9. The van der Waals surface area contributed by atoms with Crippen LogP contribution in [0.25, 0.3) is 0 Å². The first-order valence-corrected chi connectivity index (χ1v) is 9.81. The monoisotopic (exact) mass is 383 g/mol. The summed E-state index contributed by atoms with van der Waals surface area (Å²) in [7, 11) is 3.23. The lowest BCUT2D eigenvalue weighted by molar-refractivity contribution is 0.0954. The summed E-state index contributed by atoms with van der Waals surface area (Å²) < 4.78 is 10.6. The fraction of sp³-hybridized carbons (Fsp3) is 0.455. The number of amides is 1. The Bertz CT molecular complexity index is 801. The van der Waals surface area contributed by atoms with Crippen molar-refractivity contribution in [3.8, 4) is 11.5 Å². The summed E-state index contributed by atoms with van der Waals surface area (Å²) in [5, 5.41) is 2.99. The molecule has 3 rings (SSSR count). The molecule has 1 fully saturated rings. The number of hydrogen-bond donors (Lipinski definition) is 1. The minimum absolute atomic E-state index is 0.0745. The zero-order chi connectivity index (χ0) is 19.9. The van der Waals surface area contributed by atoms with E-state index in [2.05, 4.69) is 22.1 Å². The maximum atomic E-state index is 12.5. The van der Waals surface area contributed by atoms with E-state index in [4.69, 9.17) is 9.47 Å². The number of benzene rings is 1. The number of anilines is 1. The van der Waals surface area contributed by atoms with Crippen molar-refractivity contribution in [2.24, 2.45) is 5.92 Å². The number of methoxy groups -OCH3 is 2. The predicted molar refractivity (Wildman–Crippen MR) is 110 cm³/mol. The van der Waals surface area contributed by atoms with Crippen molar-refractivity contribution in [3.05, 3.63) is 47.7 Å². The van der Waals surface area contributed by atoms with E-state index in [0.29, 0.717) is 30.0 Å². The molecule has 0 aliphatic carbocycles. The molecule has 1 aromatic carbocycles. The van der Waals surface area contributed by atoms with Crippen LogP contribution >= 0.6 is 0 Å². The average Bonchev–Trinajstić information content (AvgIpc) is 2.74. The molecule has 6 heteroatoms. The van der Waals surface area contributed by atoms with Gasteiger partial charge < -0.3 is 19.7 Å². The number of ether oxygens (including phenoxy) is 2. The Hall–Kier alpha value is -2.76. The summed E-state index contributed by atoms with van der Waals surface area (Å²) in [6.45, 7) is 4.83. The summed E-state index contributed by atoms with van der Waals surface area (Å²) in [6.07, 6.45) is 4.78. The van der Waals surface area contributed by atoms with Crippen LogP contribution in [0, 0.1) is 5.92 Å². The van der Waals surface area contributed by atoms with Gasteiger partial charge in [0, 0.05) is 31.4 Å². The number of carbonyl (C=O) groups excluding carboxylic acids is 1. The third-order valence-corrected chi connectivity index (χ3v) is 5.26. The van der Waals surface area contributed by atoms with Gasteiger partial charge in [0.25, 0.3) is 5.91 Å². The fourth-order valence-corrected chi connectivity index (χ4v) is 3.43. The Labute approximate surface area is 166 Å². The second-order valence-corrected chi connectivity index (χ2v) is 7.27. The molecule has 0 saturated carbocycles. The van der Waals surface area contributed by atoms with Gasteiger partial charge in [0.05, 0.1) is 14.2 Å². The fourth-order valence-electron chi connectivity index (χ4n) is 3.43. The summed E-state index contributed by atoms with van der Waals surface area (Å²) in [4.78, 5) is 19.3. The molecule has 2 heterocycles. The van der Waals surface area contributed by atoms with Gasteiger partial charge >= 0.3 is 0 Å². The van der Waals surface area contributed by atoms with Gasteiger partial charge in [-0.3, -0.25) is 4.79 Å². The average molecular weight is 383 g/mol. The van der Waals surface area contributed by atoms with Crippen LogP contribution in [0.1, 0.15) is 35.7 Å². The summed E-state index contributed by atoms with van der Waals surface area (Å²) >= 11 is 0. The van der Waals surface area contributed by atoms with Crippen LogP contribution in [0.15, 0.2) is 36.5 Å². The SMILES string of the molecule is COc1ccc(CCNC(=O)c2ccnc(N3CCC(C)CC3)c2)cc1OC. The maximum absolute atomic E-state index is 12.5. The number of rotatable bonds is 7. The Balaban J connectivity index is 1.56. The maximum Gasteiger partial charge on any atom is 0.251 e. The normalized spacial score (nSPS) is 14.6. The van der Waals surface area contributed by atoms with Crippen LogP contribution in [0.2, 0.25) is 0 Å². The lowest BCUT2D eigenvalue weighted by Crippen LogP contribution is -2.33. The van der Waals surface area contributed by atoms with Crippen molar-refractivity contribution in [3.63, 3.8) is 0 Å². The molecule has 1 aliphatic rings. The highest BCUT2D eigenvalue weighted by Gasteiger charge is 2.18. The number of piperidine rings is 1. The summed E-state index contributed by atoms with van der Waals surface area (Å²) in [6, 6.07) is 9.45. The molecular formula is C22H29N3O3. The first-order valence-electron chi connectivity index (χ1n) is 9.81. The topological polar surface area (TPSA) is 63.7 Å². The van der Waals surface area contributed by atoms with E-state index in [0.717, 1.165) is 30.4 Å². The Kier molecular flexibility index (Phi) is 6.74. The third kappa shape index (κ3) is 4.94. The smallest absolute Gasteiger partial charge is 0.251 e. The Morgan fingerprint density at radius 2 is 1.89 bits per heavy atom. The molecule has 0 spiro atoms. The molecule has 1 aliphatic heterocycles. The Morgan fingerprint density at radius 3 is 2.61 bits per heavy atom. The van der Waals surface area contributed by atoms with E-state index in [-0.39, 0.29) is 5.91 Å². The molecule has 0 radical (unpaired) electrons. The van der Waals surface area contributed by atoms with Crippen molar-refractivity contribution in [2.45, 2.75) is 26.2 Å². The zero-order valence-corrected chi connectivity index (χ0v) is 16.9. The van der Waals surface area contributed by atoms with E-state index < -0.39 is 0 Å². The van der Waals surface area contributed by atoms with Gasteiger partial charge in [-0.25, -0.2) is 4.98 Å². The highest BCUT2D eigenvalue weighted by atomic mass is 16.5. The molecule has 1 N–H and O–H groups in total. The van der Waals surface area contributed by atoms with Crippen LogP contribution in [-0.4, -0.2) is 44.7 Å². The second-order valence-electron chi connectivity index (χ2n) is 7.27. The molecule has 28 heavy (non-hydrogen) atoms. The van der Waals surface area contributed by atoms with Crippen molar-refractivity contribution in [2.75, 3.05) is 38.8 Å². The van der Waals surface area contributed by atoms with Crippen LogP contribution < -0.4 is 19.7 Å². The van der Waals surface area contributed by atoms with Gasteiger partial charge in [0.1, 0.15) is 5.82 Å². The van der Waals surface area contributed by atoms with Crippen molar-refractivity contribution >= 4 is 11.7 Å². The minimum Gasteiger partial charge on any atom is -0.493 e. The van der Waals surface area contributed by atoms with Crippen LogP contribution in [0.4, 0.5) is 5.82 Å². The van der Waals surface area contributed by atoms with Gasteiger partial charge in [0.2, 0.25) is 0 Å².